The van der Waals surface area contributed by atoms with Gasteiger partial charge in [0.05, 0.1) is 16.6 Å². The van der Waals surface area contributed by atoms with Crippen LogP contribution >= 0.6 is 23.2 Å². The summed E-state index contributed by atoms with van der Waals surface area (Å²) in [5.74, 6) is 1.01. The quantitative estimate of drug-likeness (QED) is 0.777. The van der Waals surface area contributed by atoms with Crippen LogP contribution in [0.2, 0.25) is 5.02 Å². The highest BCUT2D eigenvalue weighted by molar-refractivity contribution is 6.32. The molecule has 18 heavy (non-hydrogen) atoms. The van der Waals surface area contributed by atoms with Gasteiger partial charge in [0.2, 0.25) is 0 Å². The van der Waals surface area contributed by atoms with Gasteiger partial charge in [0.15, 0.2) is 0 Å². The van der Waals surface area contributed by atoms with Crippen molar-refractivity contribution in [2.45, 2.75) is 19.4 Å². The van der Waals surface area contributed by atoms with E-state index in [9.17, 15) is 0 Å². The van der Waals surface area contributed by atoms with Gasteiger partial charge in [0.25, 0.3) is 0 Å². The fraction of sp³-hybridized carbons (Fsp3) is 0.214. The molecule has 0 fully saturated rings. The van der Waals surface area contributed by atoms with Gasteiger partial charge >= 0.3 is 0 Å². The van der Waals surface area contributed by atoms with Crippen LogP contribution in [0.25, 0.3) is 0 Å². The van der Waals surface area contributed by atoms with Crippen molar-refractivity contribution in [2.24, 2.45) is 0 Å². The van der Waals surface area contributed by atoms with Crippen LogP contribution in [0.3, 0.4) is 0 Å². The number of para-hydroxylation sites is 1. The minimum Gasteiger partial charge on any atom is -0.485 e. The average Bonchev–Trinajstić information content (AvgIpc) is 2.37. The standard InChI is InChI=1S/C14H13Cl2NO/c1-10-4-2-6-12(17-10)9-18-14-11(8-15)5-3-7-13(14)16/h2-7H,8-9H2,1H3. The van der Waals surface area contributed by atoms with Gasteiger partial charge in [0, 0.05) is 11.3 Å². The molecular weight excluding hydrogens is 269 g/mol. The monoisotopic (exact) mass is 281 g/mol. The summed E-state index contributed by atoms with van der Waals surface area (Å²) in [5, 5.41) is 0.570. The van der Waals surface area contributed by atoms with Crippen LogP contribution in [0.1, 0.15) is 17.0 Å². The molecule has 94 valence electrons. The molecule has 1 heterocycles. The predicted molar refractivity (Wildman–Crippen MR) is 74.3 cm³/mol. The number of aryl methyl sites for hydroxylation is 1. The van der Waals surface area contributed by atoms with Crippen molar-refractivity contribution < 1.29 is 4.74 Å². The molecule has 0 N–H and O–H groups in total. The lowest BCUT2D eigenvalue weighted by Gasteiger charge is -2.11. The van der Waals surface area contributed by atoms with E-state index in [0.717, 1.165) is 17.0 Å². The van der Waals surface area contributed by atoms with Crippen LogP contribution in [0.4, 0.5) is 0 Å². The van der Waals surface area contributed by atoms with E-state index in [1.807, 2.05) is 37.3 Å². The van der Waals surface area contributed by atoms with Gasteiger partial charge < -0.3 is 4.74 Å². The predicted octanol–water partition coefficient (Wildman–Crippen LogP) is 4.36. The van der Waals surface area contributed by atoms with Gasteiger partial charge in [-0.1, -0.05) is 29.8 Å². The molecule has 1 aromatic carbocycles. The zero-order valence-electron chi connectivity index (χ0n) is 9.99. The molecule has 0 bridgehead atoms. The Bertz CT molecular complexity index is 543. The fourth-order valence-corrected chi connectivity index (χ4v) is 2.11. The minimum absolute atomic E-state index is 0.372. The molecule has 2 aromatic rings. The topological polar surface area (TPSA) is 22.1 Å². The number of benzene rings is 1. The molecule has 0 aliphatic heterocycles. The Morgan fingerprint density at radius 1 is 1.17 bits per heavy atom. The molecule has 0 atom stereocenters. The van der Waals surface area contributed by atoms with Gasteiger partial charge in [-0.15, -0.1) is 11.6 Å². The van der Waals surface area contributed by atoms with Crippen LogP contribution in [0.5, 0.6) is 5.75 Å². The van der Waals surface area contributed by atoms with Crippen molar-refractivity contribution in [1.82, 2.24) is 4.98 Å². The van der Waals surface area contributed by atoms with E-state index < -0.39 is 0 Å². The van der Waals surface area contributed by atoms with Crippen molar-refractivity contribution in [3.05, 3.63) is 58.4 Å². The number of halogens is 2. The molecule has 0 spiro atoms. The highest BCUT2D eigenvalue weighted by Gasteiger charge is 2.08. The SMILES string of the molecule is Cc1cccc(COc2c(Cl)cccc2CCl)n1. The molecular formula is C14H13Cl2NO. The van der Waals surface area contributed by atoms with Crippen LogP contribution in [0, 0.1) is 6.92 Å². The third kappa shape index (κ3) is 3.15. The van der Waals surface area contributed by atoms with E-state index in [1.54, 1.807) is 6.07 Å². The number of rotatable bonds is 4. The van der Waals surface area contributed by atoms with E-state index in [0.29, 0.717) is 23.3 Å². The molecule has 0 aliphatic carbocycles. The summed E-state index contributed by atoms with van der Waals surface area (Å²) < 4.78 is 5.72. The Morgan fingerprint density at radius 2 is 1.94 bits per heavy atom. The second kappa shape index (κ2) is 6.07. The Balaban J connectivity index is 2.15. The van der Waals surface area contributed by atoms with E-state index in [4.69, 9.17) is 27.9 Å². The van der Waals surface area contributed by atoms with E-state index >= 15 is 0 Å². The number of hydrogen-bond donors (Lipinski definition) is 0. The summed E-state index contributed by atoms with van der Waals surface area (Å²) in [4.78, 5) is 4.37. The molecule has 2 nitrogen and oxygen atoms in total. The second-order valence-electron chi connectivity index (χ2n) is 3.92. The van der Waals surface area contributed by atoms with Crippen molar-refractivity contribution >= 4 is 23.2 Å². The first-order valence-electron chi connectivity index (χ1n) is 5.59. The third-order valence-corrected chi connectivity index (χ3v) is 3.09. The number of pyridine rings is 1. The van der Waals surface area contributed by atoms with Gasteiger partial charge in [-0.3, -0.25) is 4.98 Å². The molecule has 0 saturated heterocycles. The lowest BCUT2D eigenvalue weighted by molar-refractivity contribution is 0.299. The molecule has 0 saturated carbocycles. The Morgan fingerprint density at radius 3 is 2.67 bits per heavy atom. The first-order valence-corrected chi connectivity index (χ1v) is 6.50. The van der Waals surface area contributed by atoms with Crippen molar-refractivity contribution in [2.75, 3.05) is 0 Å². The van der Waals surface area contributed by atoms with Crippen LogP contribution in [0.15, 0.2) is 36.4 Å². The van der Waals surface area contributed by atoms with E-state index in [2.05, 4.69) is 4.98 Å². The van der Waals surface area contributed by atoms with Crippen LogP contribution < -0.4 is 4.74 Å². The first-order chi connectivity index (χ1) is 8.70. The highest BCUT2D eigenvalue weighted by atomic mass is 35.5. The van der Waals surface area contributed by atoms with Gasteiger partial charge in [0.1, 0.15) is 12.4 Å². The second-order valence-corrected chi connectivity index (χ2v) is 4.60. The summed E-state index contributed by atoms with van der Waals surface area (Å²) in [7, 11) is 0. The maximum Gasteiger partial charge on any atom is 0.142 e. The molecule has 0 unspecified atom stereocenters. The number of aromatic nitrogens is 1. The van der Waals surface area contributed by atoms with Gasteiger partial charge in [-0.25, -0.2) is 0 Å². The molecule has 2 rings (SSSR count). The summed E-state index contributed by atoms with van der Waals surface area (Å²) in [6, 6.07) is 11.4. The molecule has 0 aliphatic rings. The normalized spacial score (nSPS) is 10.4. The maximum atomic E-state index is 6.10. The summed E-state index contributed by atoms with van der Waals surface area (Å²) in [5.41, 5.74) is 2.72. The van der Waals surface area contributed by atoms with Gasteiger partial charge in [-0.2, -0.15) is 0 Å². The first kappa shape index (κ1) is 13.2. The van der Waals surface area contributed by atoms with E-state index in [1.165, 1.54) is 0 Å². The Labute approximate surface area is 117 Å². The van der Waals surface area contributed by atoms with Gasteiger partial charge in [-0.05, 0) is 25.1 Å². The van der Waals surface area contributed by atoms with Crippen LogP contribution in [-0.2, 0) is 12.5 Å². The zero-order chi connectivity index (χ0) is 13.0. The molecule has 0 radical (unpaired) electrons. The minimum atomic E-state index is 0.372. The third-order valence-electron chi connectivity index (χ3n) is 2.50. The van der Waals surface area contributed by atoms with Crippen molar-refractivity contribution in [1.29, 1.82) is 0 Å². The van der Waals surface area contributed by atoms with Crippen molar-refractivity contribution in [3.8, 4) is 5.75 Å². The largest absolute Gasteiger partial charge is 0.485 e. The number of nitrogens with zero attached hydrogens (tertiary/aromatic N) is 1. The molecule has 0 amide bonds. The summed E-state index contributed by atoms with van der Waals surface area (Å²) in [6.45, 7) is 2.33. The smallest absolute Gasteiger partial charge is 0.142 e. The fourth-order valence-electron chi connectivity index (χ4n) is 1.65. The molecule has 4 heteroatoms. The zero-order valence-corrected chi connectivity index (χ0v) is 11.5. The summed E-state index contributed by atoms with van der Waals surface area (Å²) in [6.07, 6.45) is 0. The van der Waals surface area contributed by atoms with Crippen LogP contribution in [-0.4, -0.2) is 4.98 Å². The number of hydrogen-bond acceptors (Lipinski definition) is 2. The Kier molecular flexibility index (Phi) is 4.45. The van der Waals surface area contributed by atoms with Crippen molar-refractivity contribution in [3.63, 3.8) is 0 Å². The maximum absolute atomic E-state index is 6.10. The number of ether oxygens (including phenoxy) is 1. The lowest BCUT2D eigenvalue weighted by atomic mass is 10.2. The lowest BCUT2D eigenvalue weighted by Crippen LogP contribution is -2.01. The average molecular weight is 282 g/mol. The summed E-state index contributed by atoms with van der Waals surface area (Å²) >= 11 is 12.0. The number of alkyl halides is 1. The highest BCUT2D eigenvalue weighted by Crippen LogP contribution is 2.30. The Hall–Kier alpha value is -1.25. The molecule has 1 aromatic heterocycles. The van der Waals surface area contributed by atoms with E-state index in [-0.39, 0.29) is 0 Å².